The first-order valence-corrected chi connectivity index (χ1v) is 7.28. The van der Waals surface area contributed by atoms with Crippen LogP contribution in [0.3, 0.4) is 0 Å². The van der Waals surface area contributed by atoms with Crippen LogP contribution in [0.4, 0.5) is 0 Å². The summed E-state index contributed by atoms with van der Waals surface area (Å²) in [6, 6.07) is 5.59. The predicted octanol–water partition coefficient (Wildman–Crippen LogP) is 2.03. The second-order valence-electron chi connectivity index (χ2n) is 5.66. The van der Waals surface area contributed by atoms with Gasteiger partial charge in [-0.3, -0.25) is 4.79 Å². The number of fused-ring (bicyclic) bond motifs is 4. The predicted molar refractivity (Wildman–Crippen MR) is 80.7 cm³/mol. The fourth-order valence-corrected chi connectivity index (χ4v) is 3.17. The Morgan fingerprint density at radius 2 is 1.96 bits per heavy atom. The van der Waals surface area contributed by atoms with Gasteiger partial charge in [-0.1, -0.05) is 6.07 Å². The molecule has 124 valence electrons. The van der Waals surface area contributed by atoms with E-state index in [1.54, 1.807) is 6.07 Å². The number of carbonyl (C=O) groups is 1. The number of phenolic OH excluding ortho intramolecular Hbond substituents is 3. The number of ether oxygens (including phenoxy) is 3. The van der Waals surface area contributed by atoms with E-state index in [4.69, 9.17) is 14.2 Å². The van der Waals surface area contributed by atoms with E-state index in [9.17, 15) is 20.1 Å². The summed E-state index contributed by atoms with van der Waals surface area (Å²) in [5.74, 6) is -0.587. The second kappa shape index (κ2) is 5.04. The number of hydrogen-bond donors (Lipinski definition) is 3. The molecule has 2 aromatic rings. The fourth-order valence-electron chi connectivity index (χ4n) is 3.17. The highest BCUT2D eigenvalue weighted by atomic mass is 16.6. The number of ketones is 1. The molecule has 2 aliphatic rings. The maximum Gasteiger partial charge on any atom is 0.203 e. The van der Waals surface area contributed by atoms with E-state index < -0.39 is 12.2 Å². The van der Waals surface area contributed by atoms with Gasteiger partial charge in [0.2, 0.25) is 5.78 Å². The Balaban J connectivity index is 1.87. The fraction of sp³-hybridized carbons (Fsp3) is 0.235. The number of benzene rings is 2. The Bertz CT molecular complexity index is 859. The van der Waals surface area contributed by atoms with Crippen molar-refractivity contribution < 1.29 is 34.3 Å². The molecule has 0 aromatic heterocycles. The summed E-state index contributed by atoms with van der Waals surface area (Å²) in [4.78, 5) is 12.8. The molecule has 2 atom stereocenters. The van der Waals surface area contributed by atoms with Gasteiger partial charge >= 0.3 is 0 Å². The SMILES string of the molecule is COc1cc(O)cc2c1C(=O)[C@@H]1OCc3c(ccc(O)c3O)[C@H]1O2. The maximum atomic E-state index is 12.8. The van der Waals surface area contributed by atoms with E-state index in [-0.39, 0.29) is 46.7 Å². The van der Waals surface area contributed by atoms with Crippen molar-refractivity contribution in [2.24, 2.45) is 0 Å². The zero-order valence-electron chi connectivity index (χ0n) is 12.6. The van der Waals surface area contributed by atoms with E-state index >= 15 is 0 Å². The van der Waals surface area contributed by atoms with E-state index in [0.717, 1.165) is 0 Å². The molecule has 0 radical (unpaired) electrons. The molecule has 0 amide bonds. The van der Waals surface area contributed by atoms with Gasteiger partial charge in [-0.25, -0.2) is 0 Å². The molecule has 7 nitrogen and oxygen atoms in total. The first-order chi connectivity index (χ1) is 11.5. The second-order valence-corrected chi connectivity index (χ2v) is 5.66. The lowest BCUT2D eigenvalue weighted by Gasteiger charge is -2.37. The molecule has 0 bridgehead atoms. The van der Waals surface area contributed by atoms with Crippen molar-refractivity contribution in [3.05, 3.63) is 41.0 Å². The van der Waals surface area contributed by atoms with Crippen molar-refractivity contribution in [2.75, 3.05) is 7.11 Å². The minimum atomic E-state index is -0.896. The third-order valence-electron chi connectivity index (χ3n) is 4.32. The Hall–Kier alpha value is -2.93. The summed E-state index contributed by atoms with van der Waals surface area (Å²) in [5, 5.41) is 29.4. The van der Waals surface area contributed by atoms with Crippen molar-refractivity contribution in [1.82, 2.24) is 0 Å². The van der Waals surface area contributed by atoms with Gasteiger partial charge < -0.3 is 29.5 Å². The van der Waals surface area contributed by atoms with Gasteiger partial charge in [0, 0.05) is 23.3 Å². The summed E-state index contributed by atoms with van der Waals surface area (Å²) in [7, 11) is 1.40. The number of hydrogen-bond acceptors (Lipinski definition) is 7. The van der Waals surface area contributed by atoms with E-state index in [0.29, 0.717) is 11.1 Å². The lowest BCUT2D eigenvalue weighted by molar-refractivity contribution is -0.0433. The molecule has 24 heavy (non-hydrogen) atoms. The first kappa shape index (κ1) is 14.6. The van der Waals surface area contributed by atoms with Crippen LogP contribution in [0.15, 0.2) is 24.3 Å². The molecule has 0 unspecified atom stereocenters. The number of Topliss-reactive ketones (excluding diaryl/α,β-unsaturated/α-hetero) is 1. The molecule has 7 heteroatoms. The molecule has 0 fully saturated rings. The van der Waals surface area contributed by atoms with Crippen molar-refractivity contribution >= 4 is 5.78 Å². The highest BCUT2D eigenvalue weighted by Crippen LogP contribution is 2.47. The molecule has 2 aliphatic heterocycles. The highest BCUT2D eigenvalue weighted by molar-refractivity contribution is 6.06. The Kier molecular flexibility index (Phi) is 3.07. The van der Waals surface area contributed by atoms with Gasteiger partial charge in [0.05, 0.1) is 13.7 Å². The van der Waals surface area contributed by atoms with Crippen LogP contribution in [-0.2, 0) is 11.3 Å². The number of rotatable bonds is 1. The van der Waals surface area contributed by atoms with Crippen LogP contribution >= 0.6 is 0 Å². The van der Waals surface area contributed by atoms with Gasteiger partial charge in [0.1, 0.15) is 22.8 Å². The largest absolute Gasteiger partial charge is 0.508 e. The van der Waals surface area contributed by atoms with E-state index in [2.05, 4.69) is 0 Å². The van der Waals surface area contributed by atoms with Crippen LogP contribution in [0.25, 0.3) is 0 Å². The summed E-state index contributed by atoms with van der Waals surface area (Å²) >= 11 is 0. The quantitative estimate of drug-likeness (QED) is 0.687. The monoisotopic (exact) mass is 330 g/mol. The summed E-state index contributed by atoms with van der Waals surface area (Å²) < 4.78 is 16.6. The number of aromatic hydroxyl groups is 3. The van der Waals surface area contributed by atoms with Gasteiger partial charge in [-0.15, -0.1) is 0 Å². The van der Waals surface area contributed by atoms with Crippen molar-refractivity contribution in [3.63, 3.8) is 0 Å². The Labute approximate surface area is 136 Å². The molecule has 3 N–H and O–H groups in total. The third kappa shape index (κ3) is 1.91. The molecule has 2 aromatic carbocycles. The van der Waals surface area contributed by atoms with Gasteiger partial charge in [0.25, 0.3) is 0 Å². The average Bonchev–Trinajstić information content (AvgIpc) is 2.57. The number of carbonyl (C=O) groups excluding carboxylic acids is 1. The Morgan fingerprint density at radius 1 is 1.17 bits per heavy atom. The normalized spacial score (nSPS) is 21.3. The van der Waals surface area contributed by atoms with E-state index in [1.165, 1.54) is 25.3 Å². The summed E-state index contributed by atoms with van der Waals surface area (Å²) in [6.45, 7) is -0.0262. The van der Waals surface area contributed by atoms with Crippen molar-refractivity contribution in [2.45, 2.75) is 18.8 Å². The Morgan fingerprint density at radius 3 is 2.71 bits per heavy atom. The van der Waals surface area contributed by atoms with Crippen LogP contribution in [0, 0.1) is 0 Å². The lowest BCUT2D eigenvalue weighted by atomic mass is 9.88. The van der Waals surface area contributed by atoms with Crippen LogP contribution in [0.1, 0.15) is 27.6 Å². The van der Waals surface area contributed by atoms with Gasteiger partial charge in [-0.2, -0.15) is 0 Å². The topological polar surface area (TPSA) is 105 Å². The van der Waals surface area contributed by atoms with Gasteiger partial charge in [0.15, 0.2) is 23.7 Å². The van der Waals surface area contributed by atoms with Crippen molar-refractivity contribution in [3.8, 4) is 28.7 Å². The lowest BCUT2D eigenvalue weighted by Crippen LogP contribution is -2.41. The van der Waals surface area contributed by atoms with E-state index in [1.807, 2.05) is 0 Å². The molecule has 0 aliphatic carbocycles. The third-order valence-corrected chi connectivity index (χ3v) is 4.32. The molecular formula is C17H14O7. The molecule has 0 saturated carbocycles. The summed E-state index contributed by atoms with van der Waals surface area (Å²) in [5.41, 5.74) is 1.14. The van der Waals surface area contributed by atoms with Crippen LogP contribution in [0.2, 0.25) is 0 Å². The molecule has 2 heterocycles. The van der Waals surface area contributed by atoms with Crippen LogP contribution in [-0.4, -0.2) is 34.3 Å². The first-order valence-electron chi connectivity index (χ1n) is 7.28. The standard InChI is InChI=1S/C17H14O7/c1-22-11-4-7(18)5-12-13(11)15(21)17-16(24-12)8-2-3-10(19)14(20)9(8)6-23-17/h2-5,16-20H,6H2,1H3/t16-,17+/m1/s1. The smallest absolute Gasteiger partial charge is 0.203 e. The zero-order chi connectivity index (χ0) is 17.0. The zero-order valence-corrected chi connectivity index (χ0v) is 12.6. The number of phenols is 3. The average molecular weight is 330 g/mol. The number of methoxy groups -OCH3 is 1. The maximum absolute atomic E-state index is 12.8. The van der Waals surface area contributed by atoms with Crippen LogP contribution in [0.5, 0.6) is 28.7 Å². The minimum Gasteiger partial charge on any atom is -0.508 e. The van der Waals surface area contributed by atoms with Crippen molar-refractivity contribution in [1.29, 1.82) is 0 Å². The summed E-state index contributed by atoms with van der Waals surface area (Å²) in [6.07, 6.45) is -1.68. The van der Waals surface area contributed by atoms with Crippen LogP contribution < -0.4 is 9.47 Å². The molecule has 0 saturated heterocycles. The van der Waals surface area contributed by atoms with Gasteiger partial charge in [-0.05, 0) is 6.07 Å². The minimum absolute atomic E-state index is 0.0262. The molecule has 0 spiro atoms. The molecule has 4 rings (SSSR count). The molecular weight excluding hydrogens is 316 g/mol. The highest BCUT2D eigenvalue weighted by Gasteiger charge is 2.45.